The molecule has 0 amide bonds. The number of hydrogen-bond donors (Lipinski definition) is 1. The number of rotatable bonds is 3. The lowest BCUT2D eigenvalue weighted by Crippen LogP contribution is -2.30. The second-order valence-electron chi connectivity index (χ2n) is 2.17. The molecule has 0 rings (SSSR count). The third kappa shape index (κ3) is 3.25. The van der Waals surface area contributed by atoms with E-state index in [9.17, 15) is 4.79 Å². The molecular weight excluding hydrogens is 130 g/mol. The van der Waals surface area contributed by atoms with Crippen LogP contribution in [0.3, 0.4) is 0 Å². The number of esters is 1. The average molecular weight is 143 g/mol. The van der Waals surface area contributed by atoms with Crippen LogP contribution in [0.4, 0.5) is 0 Å². The van der Waals surface area contributed by atoms with Crippen LogP contribution in [0.25, 0.3) is 0 Å². The number of hydrogen-bond acceptors (Lipinski definition) is 3. The normalized spacial score (nSPS) is 15.5. The molecule has 0 saturated carbocycles. The van der Waals surface area contributed by atoms with E-state index < -0.39 is 12.0 Å². The summed E-state index contributed by atoms with van der Waals surface area (Å²) in [5.74, 6) is -0.396. The number of ether oxygens (including phenoxy) is 1. The Morgan fingerprint density at radius 2 is 2.20 bits per heavy atom. The van der Waals surface area contributed by atoms with Gasteiger partial charge in [-0.15, -0.1) is 0 Å². The first-order chi connectivity index (χ1) is 4.57. The van der Waals surface area contributed by atoms with Crippen molar-refractivity contribution in [2.45, 2.75) is 26.0 Å². The van der Waals surface area contributed by atoms with Crippen LogP contribution in [0.15, 0.2) is 12.7 Å². The summed E-state index contributed by atoms with van der Waals surface area (Å²) in [6.07, 6.45) is 1.29. The molecule has 0 saturated heterocycles. The molecule has 0 aromatic rings. The van der Waals surface area contributed by atoms with E-state index >= 15 is 0 Å². The molecule has 0 heterocycles. The van der Waals surface area contributed by atoms with Gasteiger partial charge in [0.2, 0.25) is 0 Å². The van der Waals surface area contributed by atoms with E-state index in [-0.39, 0.29) is 6.10 Å². The second-order valence-corrected chi connectivity index (χ2v) is 2.17. The second kappa shape index (κ2) is 4.06. The van der Waals surface area contributed by atoms with Crippen LogP contribution >= 0.6 is 0 Å². The Hall–Kier alpha value is -0.830. The SMILES string of the molecule is C=CC(C)OC(=O)C(C)N. The monoisotopic (exact) mass is 143 g/mol. The highest BCUT2D eigenvalue weighted by Gasteiger charge is 2.10. The maximum Gasteiger partial charge on any atom is 0.323 e. The zero-order valence-electron chi connectivity index (χ0n) is 6.33. The highest BCUT2D eigenvalue weighted by Crippen LogP contribution is 1.93. The Morgan fingerprint density at radius 3 is 2.50 bits per heavy atom. The minimum atomic E-state index is -0.553. The lowest BCUT2D eigenvalue weighted by atomic mass is 10.3. The molecule has 0 spiro atoms. The van der Waals surface area contributed by atoms with Gasteiger partial charge in [0.15, 0.2) is 0 Å². The molecule has 0 aliphatic carbocycles. The van der Waals surface area contributed by atoms with Gasteiger partial charge in [0.25, 0.3) is 0 Å². The van der Waals surface area contributed by atoms with Crippen LogP contribution in [-0.2, 0) is 9.53 Å². The zero-order chi connectivity index (χ0) is 8.15. The van der Waals surface area contributed by atoms with Gasteiger partial charge in [-0.1, -0.05) is 12.7 Å². The topological polar surface area (TPSA) is 52.3 Å². The molecular formula is C7H13NO2. The van der Waals surface area contributed by atoms with Crippen molar-refractivity contribution >= 4 is 5.97 Å². The summed E-state index contributed by atoms with van der Waals surface area (Å²) in [6, 6.07) is -0.553. The lowest BCUT2D eigenvalue weighted by Gasteiger charge is -2.09. The van der Waals surface area contributed by atoms with Crippen molar-refractivity contribution in [3.63, 3.8) is 0 Å². The van der Waals surface area contributed by atoms with Gasteiger partial charge in [0, 0.05) is 0 Å². The van der Waals surface area contributed by atoms with Gasteiger partial charge in [0.05, 0.1) is 0 Å². The first-order valence-electron chi connectivity index (χ1n) is 3.16. The smallest absolute Gasteiger partial charge is 0.323 e. The van der Waals surface area contributed by atoms with Crippen LogP contribution in [0.2, 0.25) is 0 Å². The maximum atomic E-state index is 10.7. The van der Waals surface area contributed by atoms with Gasteiger partial charge in [-0.25, -0.2) is 0 Å². The first-order valence-corrected chi connectivity index (χ1v) is 3.16. The molecule has 0 aliphatic heterocycles. The summed E-state index contributed by atoms with van der Waals surface area (Å²) in [4.78, 5) is 10.7. The molecule has 10 heavy (non-hydrogen) atoms. The summed E-state index contributed by atoms with van der Waals surface area (Å²) in [5, 5.41) is 0. The van der Waals surface area contributed by atoms with Gasteiger partial charge < -0.3 is 10.5 Å². The number of carbonyl (C=O) groups is 1. The molecule has 0 fully saturated rings. The van der Waals surface area contributed by atoms with Crippen molar-refractivity contribution in [2.75, 3.05) is 0 Å². The first kappa shape index (κ1) is 9.17. The van der Waals surface area contributed by atoms with E-state index in [0.717, 1.165) is 0 Å². The van der Waals surface area contributed by atoms with Crippen molar-refractivity contribution in [1.29, 1.82) is 0 Å². The molecule has 0 radical (unpaired) electrons. The summed E-state index contributed by atoms with van der Waals surface area (Å²) >= 11 is 0. The van der Waals surface area contributed by atoms with E-state index in [4.69, 9.17) is 10.5 Å². The molecule has 0 bridgehead atoms. The quantitative estimate of drug-likeness (QED) is 0.461. The number of nitrogens with two attached hydrogens (primary N) is 1. The summed E-state index contributed by atoms with van der Waals surface area (Å²) in [7, 11) is 0. The van der Waals surface area contributed by atoms with Gasteiger partial charge in [-0.2, -0.15) is 0 Å². The van der Waals surface area contributed by atoms with Crippen molar-refractivity contribution < 1.29 is 9.53 Å². The summed E-state index contributed by atoms with van der Waals surface area (Å²) in [6.45, 7) is 6.77. The number of carbonyl (C=O) groups excluding carboxylic acids is 1. The summed E-state index contributed by atoms with van der Waals surface area (Å²) < 4.78 is 4.78. The van der Waals surface area contributed by atoms with Gasteiger partial charge >= 0.3 is 5.97 Å². The maximum absolute atomic E-state index is 10.7. The van der Waals surface area contributed by atoms with Crippen molar-refractivity contribution in [1.82, 2.24) is 0 Å². The van der Waals surface area contributed by atoms with E-state index in [2.05, 4.69) is 6.58 Å². The van der Waals surface area contributed by atoms with Crippen LogP contribution in [-0.4, -0.2) is 18.1 Å². The molecule has 0 aromatic carbocycles. The standard InChI is InChI=1S/C7H13NO2/c1-4-5(2)10-7(9)6(3)8/h4-6H,1,8H2,2-3H3. The third-order valence-electron chi connectivity index (χ3n) is 1.01. The third-order valence-corrected chi connectivity index (χ3v) is 1.01. The highest BCUT2D eigenvalue weighted by atomic mass is 16.5. The van der Waals surface area contributed by atoms with Crippen molar-refractivity contribution in [2.24, 2.45) is 5.73 Å². The Balaban J connectivity index is 3.68. The summed E-state index contributed by atoms with van der Waals surface area (Å²) in [5.41, 5.74) is 5.23. The minimum Gasteiger partial charge on any atom is -0.457 e. The Labute approximate surface area is 60.9 Å². The molecule has 58 valence electrons. The Kier molecular flexibility index (Phi) is 3.72. The fourth-order valence-electron chi connectivity index (χ4n) is 0.339. The van der Waals surface area contributed by atoms with Gasteiger partial charge in [-0.3, -0.25) is 4.79 Å². The van der Waals surface area contributed by atoms with Crippen molar-refractivity contribution in [3.8, 4) is 0 Å². The van der Waals surface area contributed by atoms with Gasteiger partial charge in [-0.05, 0) is 13.8 Å². The van der Waals surface area contributed by atoms with E-state index in [0.29, 0.717) is 0 Å². The van der Waals surface area contributed by atoms with E-state index in [1.165, 1.54) is 0 Å². The zero-order valence-corrected chi connectivity index (χ0v) is 6.33. The molecule has 0 aromatic heterocycles. The largest absolute Gasteiger partial charge is 0.457 e. The minimum absolute atomic E-state index is 0.251. The fourth-order valence-corrected chi connectivity index (χ4v) is 0.339. The van der Waals surface area contributed by atoms with Crippen LogP contribution in [0.5, 0.6) is 0 Å². The molecule has 2 N–H and O–H groups in total. The average Bonchev–Trinajstić information content (AvgIpc) is 1.87. The van der Waals surface area contributed by atoms with Gasteiger partial charge in [0.1, 0.15) is 12.1 Å². The predicted octanol–water partition coefficient (Wildman–Crippen LogP) is 0.451. The molecule has 0 aliphatic rings. The van der Waals surface area contributed by atoms with Crippen LogP contribution in [0.1, 0.15) is 13.8 Å². The molecule has 3 nitrogen and oxygen atoms in total. The molecule has 2 unspecified atom stereocenters. The van der Waals surface area contributed by atoms with Crippen molar-refractivity contribution in [3.05, 3.63) is 12.7 Å². The Bertz CT molecular complexity index is 132. The molecule has 2 atom stereocenters. The highest BCUT2D eigenvalue weighted by molar-refractivity contribution is 5.75. The van der Waals surface area contributed by atoms with E-state index in [1.54, 1.807) is 19.9 Å². The molecule has 3 heteroatoms. The van der Waals surface area contributed by atoms with Crippen LogP contribution < -0.4 is 5.73 Å². The fraction of sp³-hybridized carbons (Fsp3) is 0.571. The predicted molar refractivity (Wildman–Crippen MR) is 39.4 cm³/mol. The Morgan fingerprint density at radius 1 is 1.70 bits per heavy atom. The van der Waals surface area contributed by atoms with Crippen LogP contribution in [0, 0.1) is 0 Å². The lowest BCUT2D eigenvalue weighted by molar-refractivity contribution is -0.147. The van der Waals surface area contributed by atoms with E-state index in [1.807, 2.05) is 0 Å².